The van der Waals surface area contributed by atoms with Crippen molar-refractivity contribution in [1.29, 1.82) is 5.26 Å². The number of pyridine rings is 1. The van der Waals surface area contributed by atoms with Crippen LogP contribution < -0.4 is 0 Å². The van der Waals surface area contributed by atoms with Crippen LogP contribution in [0.5, 0.6) is 0 Å². The molecule has 1 amide bonds. The van der Waals surface area contributed by atoms with Gasteiger partial charge in [-0.3, -0.25) is 9.78 Å². The summed E-state index contributed by atoms with van der Waals surface area (Å²) in [5.41, 5.74) is 4.15. The summed E-state index contributed by atoms with van der Waals surface area (Å²) >= 11 is 5.70. The highest BCUT2D eigenvalue weighted by molar-refractivity contribution is 6.27. The Bertz CT molecular complexity index is 815. The summed E-state index contributed by atoms with van der Waals surface area (Å²) in [6.45, 7) is 1.49. The number of nitriles is 1. The molecule has 26 heavy (non-hydrogen) atoms. The van der Waals surface area contributed by atoms with E-state index in [9.17, 15) is 4.79 Å². The van der Waals surface area contributed by atoms with Crippen molar-refractivity contribution in [3.05, 3.63) is 65.0 Å². The highest BCUT2D eigenvalue weighted by Crippen LogP contribution is 2.26. The van der Waals surface area contributed by atoms with Crippen LogP contribution in [0.2, 0.25) is 0 Å². The second kappa shape index (κ2) is 8.82. The molecular formula is C21H22ClN3O. The van der Waals surface area contributed by atoms with E-state index in [1.165, 1.54) is 11.1 Å². The lowest BCUT2D eigenvalue weighted by Crippen LogP contribution is -2.40. The molecule has 0 spiro atoms. The third kappa shape index (κ3) is 4.62. The average molecular weight is 368 g/mol. The van der Waals surface area contributed by atoms with Crippen LogP contribution >= 0.6 is 11.6 Å². The summed E-state index contributed by atoms with van der Waals surface area (Å²) in [6, 6.07) is 14.1. The van der Waals surface area contributed by atoms with E-state index in [0.717, 1.165) is 37.9 Å². The summed E-state index contributed by atoms with van der Waals surface area (Å²) in [5, 5.41) is 9.01. The van der Waals surface area contributed by atoms with Gasteiger partial charge in [-0.25, -0.2) is 0 Å². The fourth-order valence-electron chi connectivity index (χ4n) is 3.49. The molecule has 1 saturated heterocycles. The standard InChI is InChI=1S/C21H22ClN3O/c22-13-21(26)25-10-2-5-19(15-25)20-12-17(8-9-24-20)7-6-16-3-1-4-18(11-16)14-23/h1,3-4,8-9,11-12,19H,2,5-7,10,13,15H2. The zero-order chi connectivity index (χ0) is 18.4. The SMILES string of the molecule is N#Cc1cccc(CCc2ccnc(C3CCCN(C(=O)CCl)C3)c2)c1. The van der Waals surface area contributed by atoms with Crippen LogP contribution in [0.15, 0.2) is 42.6 Å². The maximum Gasteiger partial charge on any atom is 0.237 e. The molecule has 5 heteroatoms. The van der Waals surface area contributed by atoms with E-state index in [4.69, 9.17) is 16.9 Å². The van der Waals surface area contributed by atoms with Crippen molar-refractivity contribution in [2.24, 2.45) is 0 Å². The van der Waals surface area contributed by atoms with Gasteiger partial charge in [-0.05, 0) is 61.1 Å². The maximum absolute atomic E-state index is 11.9. The van der Waals surface area contributed by atoms with Crippen molar-refractivity contribution < 1.29 is 4.79 Å². The summed E-state index contributed by atoms with van der Waals surface area (Å²) in [4.78, 5) is 18.3. The molecule has 0 N–H and O–H groups in total. The van der Waals surface area contributed by atoms with Gasteiger partial charge in [0.25, 0.3) is 0 Å². The van der Waals surface area contributed by atoms with Crippen LogP contribution in [0.25, 0.3) is 0 Å². The number of halogens is 1. The van der Waals surface area contributed by atoms with Gasteiger partial charge in [0.05, 0.1) is 11.6 Å². The van der Waals surface area contributed by atoms with Gasteiger partial charge in [-0.2, -0.15) is 5.26 Å². The Labute approximate surface area is 159 Å². The lowest BCUT2D eigenvalue weighted by atomic mass is 9.92. The van der Waals surface area contributed by atoms with E-state index in [1.807, 2.05) is 35.4 Å². The molecule has 1 aliphatic heterocycles. The van der Waals surface area contributed by atoms with Gasteiger partial charge in [-0.1, -0.05) is 12.1 Å². The molecule has 134 valence electrons. The summed E-state index contributed by atoms with van der Waals surface area (Å²) in [7, 11) is 0. The zero-order valence-electron chi connectivity index (χ0n) is 14.7. The minimum atomic E-state index is 0.00453. The number of hydrogen-bond acceptors (Lipinski definition) is 3. The van der Waals surface area contributed by atoms with Crippen molar-refractivity contribution in [2.75, 3.05) is 19.0 Å². The smallest absolute Gasteiger partial charge is 0.237 e. The lowest BCUT2D eigenvalue weighted by Gasteiger charge is -2.32. The van der Waals surface area contributed by atoms with Crippen LogP contribution in [-0.4, -0.2) is 34.8 Å². The van der Waals surface area contributed by atoms with E-state index in [-0.39, 0.29) is 17.7 Å². The van der Waals surface area contributed by atoms with Gasteiger partial charge in [-0.15, -0.1) is 11.6 Å². The van der Waals surface area contributed by atoms with Crippen LogP contribution in [0, 0.1) is 11.3 Å². The Morgan fingerprint density at radius 3 is 2.85 bits per heavy atom. The van der Waals surface area contributed by atoms with Gasteiger partial charge in [0.2, 0.25) is 5.91 Å². The third-order valence-electron chi connectivity index (χ3n) is 4.91. The number of rotatable bonds is 5. The van der Waals surface area contributed by atoms with Crippen LogP contribution in [-0.2, 0) is 17.6 Å². The second-order valence-electron chi connectivity index (χ2n) is 6.71. The molecular weight excluding hydrogens is 346 g/mol. The van der Waals surface area contributed by atoms with Crippen LogP contribution in [0.1, 0.15) is 41.1 Å². The number of piperidine rings is 1. The number of carbonyl (C=O) groups excluding carboxylic acids is 1. The molecule has 0 aliphatic carbocycles. The number of carbonyl (C=O) groups is 1. The van der Waals surface area contributed by atoms with E-state index in [1.54, 1.807) is 0 Å². The van der Waals surface area contributed by atoms with Gasteiger partial charge in [0.15, 0.2) is 0 Å². The van der Waals surface area contributed by atoms with Gasteiger partial charge in [0, 0.05) is 30.9 Å². The number of likely N-dealkylation sites (tertiary alicyclic amines) is 1. The fourth-order valence-corrected chi connectivity index (χ4v) is 3.66. The lowest BCUT2D eigenvalue weighted by molar-refractivity contribution is -0.129. The quantitative estimate of drug-likeness (QED) is 0.757. The number of amides is 1. The molecule has 4 nitrogen and oxygen atoms in total. The van der Waals surface area contributed by atoms with Crippen molar-refractivity contribution >= 4 is 17.5 Å². The normalized spacial score (nSPS) is 16.9. The van der Waals surface area contributed by atoms with Crippen molar-refractivity contribution in [2.45, 2.75) is 31.6 Å². The molecule has 0 radical (unpaired) electrons. The Hall–Kier alpha value is -2.38. The molecule has 3 rings (SSSR count). The molecule has 0 saturated carbocycles. The number of aromatic nitrogens is 1. The number of hydrogen-bond donors (Lipinski definition) is 0. The molecule has 1 aromatic heterocycles. The van der Waals surface area contributed by atoms with Crippen LogP contribution in [0.3, 0.4) is 0 Å². The van der Waals surface area contributed by atoms with E-state index >= 15 is 0 Å². The highest BCUT2D eigenvalue weighted by atomic mass is 35.5. The van der Waals surface area contributed by atoms with E-state index in [0.29, 0.717) is 12.1 Å². The maximum atomic E-state index is 11.9. The monoisotopic (exact) mass is 367 g/mol. The minimum Gasteiger partial charge on any atom is -0.341 e. The van der Waals surface area contributed by atoms with E-state index < -0.39 is 0 Å². The molecule has 2 heterocycles. The highest BCUT2D eigenvalue weighted by Gasteiger charge is 2.25. The van der Waals surface area contributed by atoms with Crippen molar-refractivity contribution in [3.63, 3.8) is 0 Å². The first-order chi connectivity index (χ1) is 12.7. The van der Waals surface area contributed by atoms with Crippen molar-refractivity contribution in [1.82, 2.24) is 9.88 Å². The molecule has 1 atom stereocenters. The molecule has 2 aromatic rings. The third-order valence-corrected chi connectivity index (χ3v) is 5.14. The fraction of sp³-hybridized carbons (Fsp3) is 0.381. The second-order valence-corrected chi connectivity index (χ2v) is 6.98. The summed E-state index contributed by atoms with van der Waals surface area (Å²) in [5.74, 6) is 0.324. The Morgan fingerprint density at radius 2 is 2.08 bits per heavy atom. The molecule has 1 aliphatic rings. The number of nitrogens with zero attached hydrogens (tertiary/aromatic N) is 3. The first-order valence-electron chi connectivity index (χ1n) is 8.97. The molecule has 1 aromatic carbocycles. The van der Waals surface area contributed by atoms with Gasteiger partial charge in [0.1, 0.15) is 5.88 Å². The predicted octanol–water partition coefficient (Wildman–Crippen LogP) is 3.68. The molecule has 1 fully saturated rings. The minimum absolute atomic E-state index is 0.00453. The Kier molecular flexibility index (Phi) is 6.25. The first kappa shape index (κ1) is 18.4. The van der Waals surface area contributed by atoms with E-state index in [2.05, 4.69) is 23.2 Å². The van der Waals surface area contributed by atoms with Gasteiger partial charge < -0.3 is 4.90 Å². The first-order valence-corrected chi connectivity index (χ1v) is 9.50. The van der Waals surface area contributed by atoms with Gasteiger partial charge >= 0.3 is 0 Å². The number of benzene rings is 1. The van der Waals surface area contributed by atoms with Crippen molar-refractivity contribution in [3.8, 4) is 6.07 Å². The average Bonchev–Trinajstić information content (AvgIpc) is 2.72. The Balaban J connectivity index is 1.66. The molecule has 1 unspecified atom stereocenters. The number of alkyl halides is 1. The number of aryl methyl sites for hydroxylation is 2. The summed E-state index contributed by atoms with van der Waals surface area (Å²) in [6.07, 6.45) is 5.69. The predicted molar refractivity (Wildman–Crippen MR) is 102 cm³/mol. The zero-order valence-corrected chi connectivity index (χ0v) is 15.5. The largest absolute Gasteiger partial charge is 0.341 e. The Morgan fingerprint density at radius 1 is 1.27 bits per heavy atom. The molecule has 0 bridgehead atoms. The topological polar surface area (TPSA) is 57.0 Å². The summed E-state index contributed by atoms with van der Waals surface area (Å²) < 4.78 is 0. The van der Waals surface area contributed by atoms with Crippen LogP contribution in [0.4, 0.5) is 0 Å².